The molecule has 2 aromatic rings. The molecule has 0 saturated carbocycles. The number of hydrogen-bond donors (Lipinski definition) is 0. The van der Waals surface area contributed by atoms with Crippen LogP contribution in [0.3, 0.4) is 0 Å². The van der Waals surface area contributed by atoms with Gasteiger partial charge in [-0.05, 0) is 44.1 Å². The lowest BCUT2D eigenvalue weighted by atomic mass is 10.2. The van der Waals surface area contributed by atoms with Crippen LogP contribution in [0.4, 0.5) is 5.82 Å². The summed E-state index contributed by atoms with van der Waals surface area (Å²) in [5.41, 5.74) is 1.31. The lowest BCUT2D eigenvalue weighted by Gasteiger charge is -2.35. The molecule has 0 atom stereocenters. The van der Waals surface area contributed by atoms with Crippen LogP contribution in [0, 0.1) is 0 Å². The van der Waals surface area contributed by atoms with Gasteiger partial charge in [-0.15, -0.1) is 0 Å². The van der Waals surface area contributed by atoms with E-state index < -0.39 is 0 Å². The number of piperazine rings is 1. The minimum atomic E-state index is 0.749. The van der Waals surface area contributed by atoms with E-state index in [2.05, 4.69) is 43.9 Å². The van der Waals surface area contributed by atoms with Gasteiger partial charge in [0.2, 0.25) is 0 Å². The molecule has 0 bridgehead atoms. The second kappa shape index (κ2) is 9.59. The average Bonchev–Trinajstić information content (AvgIpc) is 2.94. The van der Waals surface area contributed by atoms with Crippen molar-refractivity contribution < 1.29 is 4.74 Å². The van der Waals surface area contributed by atoms with Crippen LogP contribution in [0.5, 0.6) is 5.75 Å². The molecule has 1 aromatic heterocycles. The number of aromatic nitrogens is 1. The molecule has 0 spiro atoms. The number of hydrogen-bond acceptors (Lipinski definition) is 5. The number of fused-ring (bicyclic) bond motifs is 1. The van der Waals surface area contributed by atoms with Crippen molar-refractivity contribution in [2.75, 3.05) is 57.3 Å². The average molecular weight is 401 g/mol. The lowest BCUT2D eigenvalue weighted by molar-refractivity contribution is 0.211. The topological polar surface area (TPSA) is 31.8 Å². The summed E-state index contributed by atoms with van der Waals surface area (Å²) in [6.45, 7) is 9.27. The van der Waals surface area contributed by atoms with Crippen molar-refractivity contribution in [3.63, 3.8) is 0 Å². The highest BCUT2D eigenvalue weighted by atomic mass is 35.5. The van der Waals surface area contributed by atoms with Gasteiger partial charge in [0, 0.05) is 51.0 Å². The highest BCUT2D eigenvalue weighted by Crippen LogP contribution is 2.24. The van der Waals surface area contributed by atoms with E-state index in [1.165, 1.54) is 24.9 Å². The first kappa shape index (κ1) is 19.5. The number of ether oxygens (including phenoxy) is 1. The smallest absolute Gasteiger partial charge is 0.147 e. The van der Waals surface area contributed by atoms with Gasteiger partial charge < -0.3 is 9.64 Å². The van der Waals surface area contributed by atoms with Gasteiger partial charge in [0.05, 0.1) is 5.02 Å². The molecule has 0 unspecified atom stereocenters. The zero-order chi connectivity index (χ0) is 19.2. The van der Waals surface area contributed by atoms with Gasteiger partial charge >= 0.3 is 0 Å². The Morgan fingerprint density at radius 2 is 1.68 bits per heavy atom. The molecule has 1 fully saturated rings. The number of nitrogens with zero attached hydrogens (tertiary/aromatic N) is 4. The van der Waals surface area contributed by atoms with Crippen LogP contribution in [0.1, 0.15) is 18.4 Å². The number of unbranched alkanes of at least 4 members (excludes halogenated alkanes) is 1. The maximum Gasteiger partial charge on any atom is 0.147 e. The molecule has 2 aliphatic heterocycles. The summed E-state index contributed by atoms with van der Waals surface area (Å²) >= 11 is 6.28. The molecular weight excluding hydrogens is 372 g/mol. The van der Waals surface area contributed by atoms with E-state index in [9.17, 15) is 0 Å². The molecule has 0 radical (unpaired) electrons. The number of anilines is 1. The maximum absolute atomic E-state index is 6.28. The number of para-hydroxylation sites is 1. The Hall–Kier alpha value is -1.82. The van der Waals surface area contributed by atoms with E-state index in [0.29, 0.717) is 0 Å². The van der Waals surface area contributed by atoms with Gasteiger partial charge in [-0.25, -0.2) is 4.98 Å². The maximum atomic E-state index is 6.28. The fourth-order valence-corrected chi connectivity index (χ4v) is 4.28. The molecule has 1 aromatic carbocycles. The van der Waals surface area contributed by atoms with Crippen LogP contribution in [-0.4, -0.2) is 67.2 Å². The van der Waals surface area contributed by atoms with Gasteiger partial charge in [0.15, 0.2) is 0 Å². The molecule has 150 valence electrons. The van der Waals surface area contributed by atoms with Gasteiger partial charge in [0.25, 0.3) is 0 Å². The molecule has 2 aliphatic rings. The first-order valence-electron chi connectivity index (χ1n) is 10.3. The van der Waals surface area contributed by atoms with Crippen LogP contribution >= 0.6 is 11.6 Å². The number of pyridine rings is 1. The number of benzene rings is 1. The van der Waals surface area contributed by atoms with E-state index >= 15 is 0 Å². The fourth-order valence-electron chi connectivity index (χ4n) is 4.03. The normalized spacial score (nSPS) is 18.4. The summed E-state index contributed by atoms with van der Waals surface area (Å²) in [6.07, 6.45) is 4.29. The van der Waals surface area contributed by atoms with E-state index in [1.54, 1.807) is 0 Å². The lowest BCUT2D eigenvalue weighted by Crippen LogP contribution is -2.47. The second-order valence-corrected chi connectivity index (χ2v) is 7.98. The molecule has 0 N–H and O–H groups in total. The Bertz CT molecular complexity index is 764. The van der Waals surface area contributed by atoms with Gasteiger partial charge in [-0.3, -0.25) is 9.80 Å². The third-order valence-corrected chi connectivity index (χ3v) is 5.94. The van der Waals surface area contributed by atoms with Crippen molar-refractivity contribution in [2.45, 2.75) is 19.4 Å². The quantitative estimate of drug-likeness (QED) is 0.692. The summed E-state index contributed by atoms with van der Waals surface area (Å²) < 4.78 is 5.87. The Labute approximate surface area is 172 Å². The van der Waals surface area contributed by atoms with Crippen molar-refractivity contribution in [1.29, 1.82) is 0 Å². The molecule has 0 amide bonds. The summed E-state index contributed by atoms with van der Waals surface area (Å²) in [5, 5.41) is 0.749. The van der Waals surface area contributed by atoms with Crippen LogP contribution in [-0.2, 0) is 6.54 Å². The summed E-state index contributed by atoms with van der Waals surface area (Å²) in [5.74, 6) is 1.98. The molecule has 28 heavy (non-hydrogen) atoms. The zero-order valence-corrected chi connectivity index (χ0v) is 17.2. The van der Waals surface area contributed by atoms with E-state index in [4.69, 9.17) is 16.3 Å². The van der Waals surface area contributed by atoms with Crippen LogP contribution in [0.2, 0.25) is 5.02 Å². The number of rotatable bonds is 6. The molecule has 4 rings (SSSR count). The van der Waals surface area contributed by atoms with Crippen LogP contribution < -0.4 is 9.64 Å². The SMILES string of the molecule is Clc1cccnc1N1CCN(CCCCN2CCOc3ccccc3C2)CC1. The minimum Gasteiger partial charge on any atom is -0.492 e. The van der Waals surface area contributed by atoms with Crippen molar-refractivity contribution in [3.8, 4) is 5.75 Å². The molecule has 0 aliphatic carbocycles. The highest BCUT2D eigenvalue weighted by Gasteiger charge is 2.19. The largest absolute Gasteiger partial charge is 0.492 e. The summed E-state index contributed by atoms with van der Waals surface area (Å²) in [6, 6.07) is 12.2. The van der Waals surface area contributed by atoms with Crippen molar-refractivity contribution in [1.82, 2.24) is 14.8 Å². The first-order chi connectivity index (χ1) is 13.8. The van der Waals surface area contributed by atoms with Crippen LogP contribution in [0.15, 0.2) is 42.6 Å². The second-order valence-electron chi connectivity index (χ2n) is 7.58. The first-order valence-corrected chi connectivity index (χ1v) is 10.7. The zero-order valence-electron chi connectivity index (χ0n) is 16.4. The van der Waals surface area contributed by atoms with Crippen molar-refractivity contribution >= 4 is 17.4 Å². The van der Waals surface area contributed by atoms with Crippen molar-refractivity contribution in [2.24, 2.45) is 0 Å². The molecule has 6 heteroatoms. The van der Waals surface area contributed by atoms with E-state index in [1.807, 2.05) is 18.3 Å². The monoisotopic (exact) mass is 400 g/mol. The summed E-state index contributed by atoms with van der Waals surface area (Å²) in [4.78, 5) is 11.8. The molecule has 1 saturated heterocycles. The molecule has 3 heterocycles. The number of halogens is 1. The van der Waals surface area contributed by atoms with Gasteiger partial charge in [-0.1, -0.05) is 29.8 Å². The predicted molar refractivity (Wildman–Crippen MR) is 114 cm³/mol. The molecule has 5 nitrogen and oxygen atoms in total. The summed E-state index contributed by atoms with van der Waals surface area (Å²) in [7, 11) is 0. The highest BCUT2D eigenvalue weighted by molar-refractivity contribution is 6.32. The minimum absolute atomic E-state index is 0.749. The Morgan fingerprint density at radius 1 is 0.893 bits per heavy atom. The van der Waals surface area contributed by atoms with Gasteiger partial charge in [0.1, 0.15) is 18.2 Å². The Balaban J connectivity index is 1.16. The third kappa shape index (κ3) is 4.96. The van der Waals surface area contributed by atoms with Gasteiger partial charge in [-0.2, -0.15) is 0 Å². The predicted octanol–water partition coefficient (Wildman–Crippen LogP) is 3.53. The standard InChI is InChI=1S/C22H29ClN4O/c23-20-7-5-9-24-22(20)27-14-12-25(13-15-27)10-3-4-11-26-16-17-28-21-8-2-1-6-19(21)18-26/h1-2,5-9H,3-4,10-18H2. The Kier molecular flexibility index (Phi) is 6.68. The third-order valence-electron chi connectivity index (χ3n) is 5.64. The van der Waals surface area contributed by atoms with Crippen molar-refractivity contribution in [3.05, 3.63) is 53.2 Å². The van der Waals surface area contributed by atoms with Crippen LogP contribution in [0.25, 0.3) is 0 Å². The Morgan fingerprint density at radius 3 is 2.50 bits per heavy atom. The van der Waals surface area contributed by atoms with E-state index in [-0.39, 0.29) is 0 Å². The fraction of sp³-hybridized carbons (Fsp3) is 0.500. The molecular formula is C22H29ClN4O. The van der Waals surface area contributed by atoms with E-state index in [0.717, 1.165) is 69.0 Å².